The molecule has 7 nitrogen and oxygen atoms in total. The van der Waals surface area contributed by atoms with E-state index in [9.17, 15) is 18.0 Å². The molecule has 0 radical (unpaired) electrons. The number of amides is 1. The number of nitrogens with one attached hydrogen (secondary N) is 3. The van der Waals surface area contributed by atoms with Crippen LogP contribution in [0.3, 0.4) is 0 Å². The van der Waals surface area contributed by atoms with E-state index >= 15 is 0 Å². The van der Waals surface area contributed by atoms with E-state index in [1.807, 2.05) is 36.0 Å². The number of carbonyl (C=O) groups excluding carboxylic acids is 1. The lowest BCUT2D eigenvalue weighted by atomic mass is 9.84. The summed E-state index contributed by atoms with van der Waals surface area (Å²) in [6.45, 7) is 2.74. The summed E-state index contributed by atoms with van der Waals surface area (Å²) in [5.41, 5.74) is -0.109. The molecule has 0 bridgehead atoms. The predicted octanol–water partition coefficient (Wildman–Crippen LogP) is 5.79. The Kier molecular flexibility index (Phi) is 8.68. The smallest absolute Gasteiger partial charge is 0.358 e. The largest absolute Gasteiger partial charge is 0.416 e. The van der Waals surface area contributed by atoms with Crippen molar-refractivity contribution in [1.82, 2.24) is 19.9 Å². The zero-order valence-corrected chi connectivity index (χ0v) is 20.9. The Morgan fingerprint density at radius 1 is 1.08 bits per heavy atom. The third-order valence-corrected chi connectivity index (χ3v) is 6.60. The van der Waals surface area contributed by atoms with Gasteiger partial charge >= 0.3 is 6.18 Å². The maximum atomic E-state index is 13.3. The lowest BCUT2D eigenvalue weighted by Crippen LogP contribution is -2.41. The van der Waals surface area contributed by atoms with Crippen LogP contribution >= 0.6 is 0 Å². The van der Waals surface area contributed by atoms with Crippen LogP contribution in [-0.2, 0) is 17.5 Å². The lowest BCUT2D eigenvalue weighted by molar-refractivity contribution is -0.137. The number of hydrogen-bond donors (Lipinski definition) is 3. The Labute approximate surface area is 214 Å². The molecule has 0 unspecified atom stereocenters. The molecule has 1 atom stereocenters. The molecular formula is C27H33F3N6O. The van der Waals surface area contributed by atoms with Crippen LogP contribution in [0.4, 0.5) is 24.9 Å². The van der Waals surface area contributed by atoms with E-state index in [2.05, 4.69) is 25.9 Å². The van der Waals surface area contributed by atoms with Gasteiger partial charge in [-0.3, -0.25) is 4.79 Å². The minimum atomic E-state index is -4.39. The van der Waals surface area contributed by atoms with Gasteiger partial charge in [-0.1, -0.05) is 44.2 Å². The van der Waals surface area contributed by atoms with Crippen LogP contribution < -0.4 is 16.0 Å². The number of aromatic nitrogens is 3. The summed E-state index contributed by atoms with van der Waals surface area (Å²) in [6.07, 6.45) is 5.71. The van der Waals surface area contributed by atoms with Gasteiger partial charge in [0.25, 0.3) is 0 Å². The highest BCUT2D eigenvalue weighted by molar-refractivity contribution is 5.84. The van der Waals surface area contributed by atoms with Crippen molar-refractivity contribution < 1.29 is 18.0 Å². The second-order valence-electron chi connectivity index (χ2n) is 9.40. The molecule has 37 heavy (non-hydrogen) atoms. The van der Waals surface area contributed by atoms with Gasteiger partial charge in [-0.2, -0.15) is 23.1 Å². The minimum absolute atomic E-state index is 0.140. The number of alkyl halides is 3. The zero-order chi connectivity index (χ0) is 26.3. The number of carbonyl (C=O) groups is 1. The normalized spacial score (nSPS) is 15.2. The maximum absolute atomic E-state index is 13.3. The molecule has 0 spiro atoms. The van der Waals surface area contributed by atoms with Crippen molar-refractivity contribution in [2.45, 2.75) is 64.2 Å². The molecule has 2 aromatic heterocycles. The average Bonchev–Trinajstić information content (AvgIpc) is 3.43. The predicted molar refractivity (Wildman–Crippen MR) is 137 cm³/mol. The van der Waals surface area contributed by atoms with Crippen molar-refractivity contribution >= 4 is 17.7 Å². The van der Waals surface area contributed by atoms with Crippen molar-refractivity contribution in [2.24, 2.45) is 5.92 Å². The van der Waals surface area contributed by atoms with Crippen molar-refractivity contribution in [3.63, 3.8) is 0 Å². The highest BCUT2D eigenvalue weighted by Gasteiger charge is 2.30. The van der Waals surface area contributed by atoms with Crippen LogP contribution in [0.5, 0.6) is 0 Å². The van der Waals surface area contributed by atoms with Gasteiger partial charge in [0.15, 0.2) is 0 Å². The molecule has 1 fully saturated rings. The summed E-state index contributed by atoms with van der Waals surface area (Å²) >= 11 is 0. The van der Waals surface area contributed by atoms with Crippen LogP contribution in [0.15, 0.2) is 54.9 Å². The van der Waals surface area contributed by atoms with E-state index in [1.165, 1.54) is 18.6 Å². The van der Waals surface area contributed by atoms with E-state index in [0.717, 1.165) is 37.8 Å². The second kappa shape index (κ2) is 12.1. The highest BCUT2D eigenvalue weighted by Crippen LogP contribution is 2.30. The Morgan fingerprint density at radius 3 is 2.43 bits per heavy atom. The van der Waals surface area contributed by atoms with E-state index in [-0.39, 0.29) is 12.5 Å². The number of anilines is 2. The first-order chi connectivity index (χ1) is 17.8. The maximum Gasteiger partial charge on any atom is 0.416 e. The lowest BCUT2D eigenvalue weighted by Gasteiger charge is -2.27. The average molecular weight is 515 g/mol. The summed E-state index contributed by atoms with van der Waals surface area (Å²) < 4.78 is 40.5. The number of benzene rings is 1. The number of halogens is 3. The fraction of sp³-hybridized carbons (Fsp3) is 0.444. The SMILES string of the molecule is CCNc1nc(N[C@H](CC2CCCCC2)C(=O)NCc2ccc(C(F)(F)F)cc2)cc(-n2cccc2)n1. The molecule has 1 aromatic carbocycles. The summed E-state index contributed by atoms with van der Waals surface area (Å²) in [7, 11) is 0. The molecule has 4 rings (SSSR count). The van der Waals surface area contributed by atoms with Crippen LogP contribution in [-0.4, -0.2) is 33.0 Å². The molecule has 1 aliphatic rings. The Balaban J connectivity index is 1.51. The molecule has 1 amide bonds. The van der Waals surface area contributed by atoms with Gasteiger partial charge in [-0.05, 0) is 49.1 Å². The van der Waals surface area contributed by atoms with E-state index in [1.54, 1.807) is 6.07 Å². The fourth-order valence-corrected chi connectivity index (χ4v) is 4.66. The van der Waals surface area contributed by atoms with Gasteiger partial charge < -0.3 is 20.5 Å². The van der Waals surface area contributed by atoms with Gasteiger partial charge in [-0.25, -0.2) is 0 Å². The van der Waals surface area contributed by atoms with E-state index in [0.29, 0.717) is 42.0 Å². The third kappa shape index (κ3) is 7.47. The van der Waals surface area contributed by atoms with Gasteiger partial charge in [0, 0.05) is 31.5 Å². The summed E-state index contributed by atoms with van der Waals surface area (Å²) in [6, 6.07) is 9.92. The minimum Gasteiger partial charge on any atom is -0.358 e. The standard InChI is InChI=1S/C27H33F3N6O/c1-2-31-26-34-23(17-24(35-26)36-14-6-7-15-36)33-22(16-19-8-4-3-5-9-19)25(37)32-18-20-10-12-21(13-11-20)27(28,29)30/h6-7,10-15,17,19,22H,2-5,8-9,16,18H2,1H3,(H,32,37)(H2,31,33,34,35)/t22-/m1/s1. The fourth-order valence-electron chi connectivity index (χ4n) is 4.66. The van der Waals surface area contributed by atoms with Crippen LogP contribution in [0.1, 0.15) is 56.6 Å². The summed E-state index contributed by atoms with van der Waals surface area (Å²) in [5, 5.41) is 9.37. The molecule has 3 N–H and O–H groups in total. The first-order valence-electron chi connectivity index (χ1n) is 12.8. The van der Waals surface area contributed by atoms with Crippen molar-refractivity contribution in [3.8, 4) is 5.82 Å². The van der Waals surface area contributed by atoms with Crippen LogP contribution in [0.25, 0.3) is 5.82 Å². The molecule has 198 valence electrons. The van der Waals surface area contributed by atoms with Crippen molar-refractivity contribution in [3.05, 3.63) is 66.0 Å². The van der Waals surface area contributed by atoms with Crippen molar-refractivity contribution in [2.75, 3.05) is 17.2 Å². The van der Waals surface area contributed by atoms with Gasteiger partial charge in [0.05, 0.1) is 5.56 Å². The quantitative estimate of drug-likeness (QED) is 0.319. The molecule has 1 aliphatic carbocycles. The van der Waals surface area contributed by atoms with Gasteiger partial charge in [0.1, 0.15) is 17.7 Å². The summed E-state index contributed by atoms with van der Waals surface area (Å²) in [4.78, 5) is 22.4. The molecule has 2 heterocycles. The third-order valence-electron chi connectivity index (χ3n) is 6.60. The van der Waals surface area contributed by atoms with E-state index in [4.69, 9.17) is 0 Å². The Bertz CT molecular complexity index is 1140. The van der Waals surface area contributed by atoms with Gasteiger partial charge in [-0.15, -0.1) is 0 Å². The first-order valence-corrected chi connectivity index (χ1v) is 12.8. The summed E-state index contributed by atoms with van der Waals surface area (Å²) in [5.74, 6) is 1.86. The number of nitrogens with zero attached hydrogens (tertiary/aromatic N) is 3. The first kappa shape index (κ1) is 26.5. The van der Waals surface area contributed by atoms with Crippen LogP contribution in [0, 0.1) is 5.92 Å². The molecule has 0 saturated heterocycles. The molecule has 1 saturated carbocycles. The molecule has 3 aromatic rings. The van der Waals surface area contributed by atoms with Crippen molar-refractivity contribution in [1.29, 1.82) is 0 Å². The second-order valence-corrected chi connectivity index (χ2v) is 9.40. The molecule has 0 aliphatic heterocycles. The number of hydrogen-bond acceptors (Lipinski definition) is 5. The van der Waals surface area contributed by atoms with E-state index < -0.39 is 17.8 Å². The molecular weight excluding hydrogens is 481 g/mol. The Morgan fingerprint density at radius 2 is 1.78 bits per heavy atom. The van der Waals surface area contributed by atoms with Crippen LogP contribution in [0.2, 0.25) is 0 Å². The Hall–Kier alpha value is -3.56. The topological polar surface area (TPSA) is 83.9 Å². The number of rotatable bonds is 10. The van der Waals surface area contributed by atoms with Gasteiger partial charge in [0.2, 0.25) is 11.9 Å². The monoisotopic (exact) mass is 514 g/mol. The molecule has 10 heteroatoms. The zero-order valence-electron chi connectivity index (χ0n) is 20.9. The highest BCUT2D eigenvalue weighted by atomic mass is 19.4.